The second kappa shape index (κ2) is 7.89. The molecule has 0 aliphatic heterocycles. The van der Waals surface area contributed by atoms with Gasteiger partial charge >= 0.3 is 0 Å². The fourth-order valence-electron chi connectivity index (χ4n) is 2.39. The third kappa shape index (κ3) is 3.99. The van der Waals surface area contributed by atoms with Crippen LogP contribution >= 0.6 is 22.7 Å². The first-order chi connectivity index (χ1) is 13.7. The van der Waals surface area contributed by atoms with Crippen molar-refractivity contribution in [3.05, 3.63) is 90.0 Å². The predicted molar refractivity (Wildman–Crippen MR) is 106 cm³/mol. The summed E-state index contributed by atoms with van der Waals surface area (Å²) in [5.74, 6) is 1.03. The van der Waals surface area contributed by atoms with Gasteiger partial charge < -0.3 is 0 Å². The topological polar surface area (TPSA) is 99.1 Å². The number of thiophene rings is 2. The summed E-state index contributed by atoms with van der Waals surface area (Å²) in [7, 11) is 0. The fourth-order valence-corrected chi connectivity index (χ4v) is 4.36. The Hall–Kier alpha value is -3.72. The molecular weight excluding hydrogens is 388 g/mol. The van der Waals surface area contributed by atoms with Gasteiger partial charge in [0.1, 0.15) is 23.5 Å². The largest absolute Gasteiger partial charge is 0.237 e. The van der Waals surface area contributed by atoms with E-state index in [1.165, 1.54) is 0 Å². The molecule has 0 radical (unpaired) electrons. The number of rotatable bonds is 2. The van der Waals surface area contributed by atoms with E-state index in [0.717, 1.165) is 18.1 Å². The van der Waals surface area contributed by atoms with Gasteiger partial charge in [-0.05, 0) is 36.4 Å². The van der Waals surface area contributed by atoms with Crippen molar-refractivity contribution in [1.82, 2.24) is 19.9 Å². The predicted octanol–water partition coefficient (Wildman–Crippen LogP) is 2.08. The summed E-state index contributed by atoms with van der Waals surface area (Å²) in [6.07, 6.45) is 6.88. The normalized spacial score (nSPS) is 13.2. The Labute approximate surface area is 167 Å². The van der Waals surface area contributed by atoms with Gasteiger partial charge in [-0.1, -0.05) is 0 Å². The monoisotopic (exact) mass is 398 g/mol. The zero-order chi connectivity index (χ0) is 19.3. The van der Waals surface area contributed by atoms with Gasteiger partial charge in [-0.25, -0.2) is 19.9 Å². The summed E-state index contributed by atoms with van der Waals surface area (Å²) in [5.41, 5.74) is 0.693. The van der Waals surface area contributed by atoms with Gasteiger partial charge in [0.15, 0.2) is 11.6 Å². The Bertz CT molecular complexity index is 1340. The molecule has 4 aromatic heterocycles. The fraction of sp³-hybridized carbons (Fsp3) is 0. The average molecular weight is 398 g/mol. The standard InChI is InChI=1S/C20H10N6S2/c21-11-13-5-7-23-19(25-13)9-15-1-3-17(27-15)18-4-2-16(28-18)10-20-24-8-6-14(12-22)26-20/h1-10H/b15-9+,16-10+,18-17-. The molecular formula is C20H10N6S2. The van der Waals surface area contributed by atoms with Gasteiger partial charge in [-0.15, -0.1) is 22.7 Å². The molecule has 0 bridgehead atoms. The van der Waals surface area contributed by atoms with Crippen LogP contribution in [0.25, 0.3) is 12.2 Å². The molecule has 0 N–H and O–H groups in total. The maximum atomic E-state index is 8.94. The summed E-state index contributed by atoms with van der Waals surface area (Å²) in [6, 6.07) is 15.3. The second-order valence-corrected chi connectivity index (χ2v) is 7.75. The summed E-state index contributed by atoms with van der Waals surface area (Å²) in [6.45, 7) is 0. The van der Waals surface area contributed by atoms with Gasteiger partial charge in [0.2, 0.25) is 0 Å². The first-order valence-corrected chi connectivity index (χ1v) is 9.72. The van der Waals surface area contributed by atoms with Crippen LogP contribution in [0.5, 0.6) is 0 Å². The van der Waals surface area contributed by atoms with Crippen molar-refractivity contribution in [2.75, 3.05) is 0 Å². The number of hydrogen-bond acceptors (Lipinski definition) is 8. The second-order valence-electron chi connectivity index (χ2n) is 5.52. The Morgan fingerprint density at radius 1 is 0.679 bits per heavy atom. The van der Waals surface area contributed by atoms with Crippen molar-refractivity contribution in [2.45, 2.75) is 0 Å². The molecule has 0 saturated heterocycles. The number of nitrogens with zero attached hydrogens (tertiary/aromatic N) is 6. The number of hydrogen-bond donors (Lipinski definition) is 0. The summed E-state index contributed by atoms with van der Waals surface area (Å²) < 4.78 is 4.27. The molecule has 0 aliphatic rings. The van der Waals surface area contributed by atoms with E-state index in [0.29, 0.717) is 23.0 Å². The van der Waals surface area contributed by atoms with Gasteiger partial charge in [0.05, 0.1) is 0 Å². The van der Waals surface area contributed by atoms with Crippen molar-refractivity contribution < 1.29 is 0 Å². The van der Waals surface area contributed by atoms with Crippen LogP contribution in [0, 0.1) is 31.7 Å². The van der Waals surface area contributed by atoms with Crippen molar-refractivity contribution in [3.8, 4) is 12.1 Å². The lowest BCUT2D eigenvalue weighted by Gasteiger charge is -1.90. The van der Waals surface area contributed by atoms with E-state index in [1.807, 2.05) is 48.6 Å². The van der Waals surface area contributed by atoms with Gasteiger partial charge in [0.25, 0.3) is 0 Å². The molecule has 4 aromatic rings. The molecule has 0 spiro atoms. The molecule has 28 heavy (non-hydrogen) atoms. The van der Waals surface area contributed by atoms with E-state index in [2.05, 4.69) is 19.9 Å². The average Bonchev–Trinajstić information content (AvgIpc) is 3.38. The third-order valence-corrected chi connectivity index (χ3v) is 5.88. The SMILES string of the molecule is N#Cc1ccnc(/C=c2\cc/c(=c3\cc/c(=C\c4nccc(C#N)n4)s3)s2)n1. The van der Waals surface area contributed by atoms with Crippen LogP contribution in [0.4, 0.5) is 0 Å². The Balaban J connectivity index is 1.74. The molecule has 4 heterocycles. The summed E-state index contributed by atoms with van der Waals surface area (Å²) in [4.78, 5) is 16.7. The van der Waals surface area contributed by atoms with Crippen molar-refractivity contribution in [2.24, 2.45) is 0 Å². The Morgan fingerprint density at radius 3 is 1.57 bits per heavy atom. The maximum absolute atomic E-state index is 8.94. The Morgan fingerprint density at radius 2 is 1.14 bits per heavy atom. The highest BCUT2D eigenvalue weighted by atomic mass is 32.1. The summed E-state index contributed by atoms with van der Waals surface area (Å²) in [5, 5.41) is 17.9. The molecule has 0 saturated carbocycles. The maximum Gasteiger partial charge on any atom is 0.154 e. The molecule has 0 amide bonds. The molecule has 4 rings (SSSR count). The zero-order valence-electron chi connectivity index (χ0n) is 14.3. The van der Waals surface area contributed by atoms with Gasteiger partial charge in [-0.2, -0.15) is 10.5 Å². The van der Waals surface area contributed by atoms with E-state index in [4.69, 9.17) is 10.5 Å². The molecule has 0 aliphatic carbocycles. The van der Waals surface area contributed by atoms with Crippen molar-refractivity contribution in [3.63, 3.8) is 0 Å². The number of nitriles is 2. The lowest BCUT2D eigenvalue weighted by molar-refractivity contribution is 1.11. The quantitative estimate of drug-likeness (QED) is 0.513. The molecule has 0 fully saturated rings. The van der Waals surface area contributed by atoms with Gasteiger partial charge in [-0.3, -0.25) is 0 Å². The molecule has 132 valence electrons. The van der Waals surface area contributed by atoms with E-state index in [9.17, 15) is 0 Å². The Kier molecular flexibility index (Phi) is 4.98. The molecule has 0 atom stereocenters. The lowest BCUT2D eigenvalue weighted by Crippen LogP contribution is -1.96. The highest BCUT2D eigenvalue weighted by Gasteiger charge is 1.98. The minimum absolute atomic E-state index is 0.346. The van der Waals surface area contributed by atoms with E-state index < -0.39 is 0 Å². The van der Waals surface area contributed by atoms with Crippen LogP contribution in [-0.4, -0.2) is 19.9 Å². The zero-order valence-corrected chi connectivity index (χ0v) is 15.9. The molecule has 0 unspecified atom stereocenters. The molecule has 6 nitrogen and oxygen atoms in total. The van der Waals surface area contributed by atoms with Crippen LogP contribution in [0.2, 0.25) is 0 Å². The minimum atomic E-state index is 0.346. The highest BCUT2D eigenvalue weighted by molar-refractivity contribution is 7.11. The first-order valence-electron chi connectivity index (χ1n) is 8.09. The van der Waals surface area contributed by atoms with Crippen LogP contribution < -0.4 is 9.06 Å². The van der Waals surface area contributed by atoms with Crippen LogP contribution in [0.1, 0.15) is 23.0 Å². The summed E-state index contributed by atoms with van der Waals surface area (Å²) >= 11 is 3.25. The highest BCUT2D eigenvalue weighted by Crippen LogP contribution is 2.05. The van der Waals surface area contributed by atoms with Crippen LogP contribution in [0.3, 0.4) is 0 Å². The van der Waals surface area contributed by atoms with Gasteiger partial charge in [0, 0.05) is 42.7 Å². The van der Waals surface area contributed by atoms with E-state index in [1.54, 1.807) is 47.2 Å². The first kappa shape index (κ1) is 17.7. The minimum Gasteiger partial charge on any atom is -0.237 e. The number of aromatic nitrogens is 4. The van der Waals surface area contributed by atoms with E-state index >= 15 is 0 Å². The smallest absolute Gasteiger partial charge is 0.154 e. The van der Waals surface area contributed by atoms with Crippen molar-refractivity contribution in [1.29, 1.82) is 10.5 Å². The van der Waals surface area contributed by atoms with E-state index in [-0.39, 0.29) is 0 Å². The van der Waals surface area contributed by atoms with Crippen LogP contribution in [-0.2, 0) is 0 Å². The van der Waals surface area contributed by atoms with Crippen LogP contribution in [0.15, 0.2) is 48.8 Å². The van der Waals surface area contributed by atoms with Crippen molar-refractivity contribution >= 4 is 34.8 Å². The molecule has 8 heteroatoms. The third-order valence-electron chi connectivity index (χ3n) is 3.62. The molecule has 0 aromatic carbocycles. The lowest BCUT2D eigenvalue weighted by atomic mass is 10.4.